The second-order valence-corrected chi connectivity index (χ2v) is 3.61. The summed E-state index contributed by atoms with van der Waals surface area (Å²) in [6.07, 6.45) is 3.21. The van der Waals surface area contributed by atoms with Gasteiger partial charge < -0.3 is 9.67 Å². The third-order valence-electron chi connectivity index (χ3n) is 2.51. The SMILES string of the molecule is Cc1nccn1-c1ccc(C(=O)O)c([N+](=O)[O-])c1. The molecule has 0 fully saturated rings. The average molecular weight is 247 g/mol. The smallest absolute Gasteiger partial charge is 0.342 e. The molecule has 0 amide bonds. The number of aromatic carboxylic acids is 1. The first kappa shape index (κ1) is 11.8. The lowest BCUT2D eigenvalue weighted by Gasteiger charge is -2.06. The molecule has 1 N–H and O–H groups in total. The fraction of sp³-hybridized carbons (Fsp3) is 0.0909. The Morgan fingerprint density at radius 2 is 2.22 bits per heavy atom. The highest BCUT2D eigenvalue weighted by Crippen LogP contribution is 2.23. The van der Waals surface area contributed by atoms with Crippen LogP contribution in [0.4, 0.5) is 5.69 Å². The summed E-state index contributed by atoms with van der Waals surface area (Å²) in [5.41, 5.74) is -0.267. The van der Waals surface area contributed by atoms with Gasteiger partial charge in [-0.25, -0.2) is 9.78 Å². The first-order valence-electron chi connectivity index (χ1n) is 5.03. The summed E-state index contributed by atoms with van der Waals surface area (Å²) < 4.78 is 1.64. The van der Waals surface area contributed by atoms with Gasteiger partial charge in [0.25, 0.3) is 5.69 Å². The van der Waals surface area contributed by atoms with E-state index in [4.69, 9.17) is 5.11 Å². The Morgan fingerprint density at radius 3 is 2.72 bits per heavy atom. The molecule has 1 aromatic carbocycles. The number of aryl methyl sites for hydroxylation is 1. The zero-order valence-electron chi connectivity index (χ0n) is 9.40. The van der Waals surface area contributed by atoms with Gasteiger partial charge >= 0.3 is 5.97 Å². The van der Waals surface area contributed by atoms with Crippen molar-refractivity contribution in [2.75, 3.05) is 0 Å². The summed E-state index contributed by atoms with van der Waals surface area (Å²) in [7, 11) is 0. The van der Waals surface area contributed by atoms with E-state index in [9.17, 15) is 14.9 Å². The van der Waals surface area contributed by atoms with E-state index in [0.717, 1.165) is 0 Å². The van der Waals surface area contributed by atoms with E-state index in [0.29, 0.717) is 11.5 Å². The van der Waals surface area contributed by atoms with E-state index in [1.165, 1.54) is 18.2 Å². The summed E-state index contributed by atoms with van der Waals surface area (Å²) >= 11 is 0. The molecule has 0 atom stereocenters. The van der Waals surface area contributed by atoms with Gasteiger partial charge in [-0.3, -0.25) is 10.1 Å². The molecule has 0 saturated heterocycles. The summed E-state index contributed by atoms with van der Waals surface area (Å²) in [4.78, 5) is 25.0. The van der Waals surface area contributed by atoms with Gasteiger partial charge in [-0.15, -0.1) is 0 Å². The van der Waals surface area contributed by atoms with Crippen molar-refractivity contribution in [3.8, 4) is 5.69 Å². The number of nitro benzene ring substituents is 1. The molecule has 7 heteroatoms. The maximum absolute atomic E-state index is 10.9. The molecule has 0 bridgehead atoms. The fourth-order valence-corrected chi connectivity index (χ4v) is 1.65. The summed E-state index contributed by atoms with van der Waals surface area (Å²) in [6, 6.07) is 3.94. The van der Waals surface area contributed by atoms with Crippen molar-refractivity contribution in [1.29, 1.82) is 0 Å². The predicted octanol–water partition coefficient (Wildman–Crippen LogP) is 1.79. The molecule has 0 aliphatic carbocycles. The largest absolute Gasteiger partial charge is 0.477 e. The lowest BCUT2D eigenvalue weighted by Crippen LogP contribution is -2.04. The molecule has 0 spiro atoms. The standard InChI is InChI=1S/C11H9N3O4/c1-7-12-4-5-13(7)8-2-3-9(11(15)16)10(6-8)14(17)18/h2-6H,1H3,(H,15,16). The molecule has 0 aliphatic heterocycles. The van der Waals surface area contributed by atoms with Gasteiger partial charge in [0.1, 0.15) is 11.4 Å². The molecular weight excluding hydrogens is 238 g/mol. The first-order chi connectivity index (χ1) is 8.50. The van der Waals surface area contributed by atoms with Crippen molar-refractivity contribution in [1.82, 2.24) is 9.55 Å². The molecule has 0 aliphatic rings. The lowest BCUT2D eigenvalue weighted by molar-refractivity contribution is -0.385. The van der Waals surface area contributed by atoms with Crippen molar-refractivity contribution in [3.05, 3.63) is 52.1 Å². The molecule has 1 heterocycles. The Morgan fingerprint density at radius 1 is 1.50 bits per heavy atom. The monoisotopic (exact) mass is 247 g/mol. The number of benzene rings is 1. The van der Waals surface area contributed by atoms with E-state index in [-0.39, 0.29) is 5.56 Å². The second-order valence-electron chi connectivity index (χ2n) is 3.61. The Kier molecular flexibility index (Phi) is 2.80. The quantitative estimate of drug-likeness (QED) is 0.658. The lowest BCUT2D eigenvalue weighted by atomic mass is 10.1. The molecule has 0 saturated carbocycles. The van der Waals surface area contributed by atoms with E-state index >= 15 is 0 Å². The van der Waals surface area contributed by atoms with Crippen molar-refractivity contribution < 1.29 is 14.8 Å². The minimum atomic E-state index is -1.32. The van der Waals surface area contributed by atoms with E-state index in [1.54, 1.807) is 23.9 Å². The minimum Gasteiger partial charge on any atom is -0.477 e. The number of carbonyl (C=O) groups is 1. The number of carboxylic acids is 1. The summed E-state index contributed by atoms with van der Waals surface area (Å²) in [6.45, 7) is 1.75. The van der Waals surface area contributed by atoms with Crippen molar-refractivity contribution in [3.63, 3.8) is 0 Å². The van der Waals surface area contributed by atoms with E-state index in [2.05, 4.69) is 4.98 Å². The molecular formula is C11H9N3O4. The van der Waals surface area contributed by atoms with Crippen LogP contribution in [0, 0.1) is 17.0 Å². The van der Waals surface area contributed by atoms with Gasteiger partial charge in [-0.2, -0.15) is 0 Å². The van der Waals surface area contributed by atoms with Crippen LogP contribution >= 0.6 is 0 Å². The van der Waals surface area contributed by atoms with Crippen LogP contribution in [0.25, 0.3) is 5.69 Å². The van der Waals surface area contributed by atoms with E-state index < -0.39 is 16.6 Å². The topological polar surface area (TPSA) is 98.3 Å². The van der Waals surface area contributed by atoms with Gasteiger partial charge in [0.05, 0.1) is 10.6 Å². The van der Waals surface area contributed by atoms with Crippen LogP contribution in [0.1, 0.15) is 16.2 Å². The van der Waals surface area contributed by atoms with Gasteiger partial charge in [0.2, 0.25) is 0 Å². The van der Waals surface area contributed by atoms with Crippen molar-refractivity contribution >= 4 is 11.7 Å². The van der Waals surface area contributed by atoms with Crippen molar-refractivity contribution in [2.24, 2.45) is 0 Å². The molecule has 1 aromatic heterocycles. The van der Waals surface area contributed by atoms with Gasteiger partial charge in [0.15, 0.2) is 0 Å². The maximum Gasteiger partial charge on any atom is 0.342 e. The van der Waals surface area contributed by atoms with Gasteiger partial charge in [-0.1, -0.05) is 0 Å². The number of hydrogen-bond donors (Lipinski definition) is 1. The number of carboxylic acid groups (broad SMARTS) is 1. The molecule has 92 valence electrons. The zero-order chi connectivity index (χ0) is 13.3. The van der Waals surface area contributed by atoms with Crippen LogP contribution in [0.15, 0.2) is 30.6 Å². The molecule has 0 unspecified atom stereocenters. The fourth-order valence-electron chi connectivity index (χ4n) is 1.65. The molecule has 18 heavy (non-hydrogen) atoms. The van der Waals surface area contributed by atoms with Crippen LogP contribution in [-0.4, -0.2) is 25.6 Å². The van der Waals surface area contributed by atoms with Crippen molar-refractivity contribution in [2.45, 2.75) is 6.92 Å². The minimum absolute atomic E-state index is 0.332. The van der Waals surface area contributed by atoms with Gasteiger partial charge in [0, 0.05) is 18.5 Å². The summed E-state index contributed by atoms with van der Waals surface area (Å²) in [5, 5.41) is 19.7. The maximum atomic E-state index is 10.9. The Bertz CT molecular complexity index is 633. The predicted molar refractivity (Wildman–Crippen MR) is 61.9 cm³/mol. The third-order valence-corrected chi connectivity index (χ3v) is 2.51. The number of imidazole rings is 1. The Labute approximate surface area is 101 Å². The van der Waals surface area contributed by atoms with Crippen LogP contribution < -0.4 is 0 Å². The highest BCUT2D eigenvalue weighted by molar-refractivity contribution is 5.92. The molecule has 7 nitrogen and oxygen atoms in total. The number of hydrogen-bond acceptors (Lipinski definition) is 4. The van der Waals surface area contributed by atoms with Crippen LogP contribution in [0.3, 0.4) is 0 Å². The van der Waals surface area contributed by atoms with Gasteiger partial charge in [-0.05, 0) is 19.1 Å². The third kappa shape index (κ3) is 1.93. The average Bonchev–Trinajstić information content (AvgIpc) is 2.74. The molecule has 0 radical (unpaired) electrons. The molecule has 2 aromatic rings. The highest BCUT2D eigenvalue weighted by Gasteiger charge is 2.20. The zero-order valence-corrected chi connectivity index (χ0v) is 9.40. The number of rotatable bonds is 3. The van der Waals surface area contributed by atoms with Crippen LogP contribution in [0.2, 0.25) is 0 Å². The normalized spacial score (nSPS) is 10.3. The Balaban J connectivity index is 2.60. The number of nitrogens with zero attached hydrogens (tertiary/aromatic N) is 3. The Hall–Kier alpha value is -2.70. The summed E-state index contributed by atoms with van der Waals surface area (Å²) in [5.74, 6) is -0.664. The highest BCUT2D eigenvalue weighted by atomic mass is 16.6. The van der Waals surface area contributed by atoms with Crippen LogP contribution in [-0.2, 0) is 0 Å². The number of nitro groups is 1. The first-order valence-corrected chi connectivity index (χ1v) is 5.03. The molecule has 2 rings (SSSR count). The van der Waals surface area contributed by atoms with Crippen LogP contribution in [0.5, 0.6) is 0 Å². The number of aromatic nitrogens is 2. The van der Waals surface area contributed by atoms with E-state index in [1.807, 2.05) is 0 Å². The second kappa shape index (κ2) is 4.28.